The molecule has 8 nitrogen and oxygen atoms in total. The normalized spacial score (nSPS) is 16.7. The number of nitrogens with zero attached hydrogens (tertiary/aromatic N) is 1. The van der Waals surface area contributed by atoms with Gasteiger partial charge in [0, 0.05) is 17.3 Å². The Bertz CT molecular complexity index is 1340. The number of carbonyl (C=O) groups excluding carboxylic acids is 2. The number of Topliss-reactive ketones (excluding diaryl/α,β-unsaturated/α-hetero) is 1. The number of benzene rings is 3. The SMILES string of the molecule is COc1ccc(/C(O)=C2\C(=O)C(=O)N(c3ccc(OC(C)C)cc3)C2c2ccccc2OC)c(OC)c1. The molecule has 0 saturated carbocycles. The molecule has 0 bridgehead atoms. The molecule has 3 aromatic carbocycles. The van der Waals surface area contributed by atoms with Crippen molar-refractivity contribution in [2.45, 2.75) is 26.0 Å². The van der Waals surface area contributed by atoms with Gasteiger partial charge in [-0.1, -0.05) is 18.2 Å². The van der Waals surface area contributed by atoms with E-state index in [-0.39, 0.29) is 28.7 Å². The van der Waals surface area contributed by atoms with E-state index in [0.29, 0.717) is 28.5 Å². The van der Waals surface area contributed by atoms with Crippen LogP contribution in [-0.2, 0) is 9.59 Å². The van der Waals surface area contributed by atoms with Crippen LogP contribution in [0.1, 0.15) is 31.0 Å². The number of anilines is 1. The van der Waals surface area contributed by atoms with Crippen molar-refractivity contribution < 1.29 is 33.6 Å². The second-order valence-electron chi connectivity index (χ2n) is 8.64. The van der Waals surface area contributed by atoms with E-state index in [1.54, 1.807) is 66.7 Å². The zero-order valence-electron chi connectivity index (χ0n) is 21.3. The Labute approximate surface area is 215 Å². The van der Waals surface area contributed by atoms with Crippen molar-refractivity contribution >= 4 is 23.1 Å². The standard InChI is InChI=1S/C29H29NO7/c1-17(2)37-19-12-10-18(11-13-19)30-26(21-8-6-7-9-23(21)35-4)25(28(32)29(30)33)27(31)22-15-14-20(34-3)16-24(22)36-5/h6-17,26,31H,1-5H3/b27-25+. The van der Waals surface area contributed by atoms with Crippen molar-refractivity contribution in [3.05, 3.63) is 83.4 Å². The maximum Gasteiger partial charge on any atom is 0.300 e. The van der Waals surface area contributed by atoms with E-state index in [0.717, 1.165) is 0 Å². The predicted molar refractivity (Wildman–Crippen MR) is 140 cm³/mol. The first-order valence-corrected chi connectivity index (χ1v) is 11.7. The number of hydrogen-bond acceptors (Lipinski definition) is 7. The second-order valence-corrected chi connectivity index (χ2v) is 8.64. The molecule has 0 aliphatic carbocycles. The predicted octanol–water partition coefficient (Wildman–Crippen LogP) is 5.13. The minimum Gasteiger partial charge on any atom is -0.507 e. The summed E-state index contributed by atoms with van der Waals surface area (Å²) in [5.74, 6) is -0.0676. The highest BCUT2D eigenvalue weighted by Gasteiger charge is 2.48. The van der Waals surface area contributed by atoms with Gasteiger partial charge in [-0.2, -0.15) is 0 Å². The molecule has 8 heteroatoms. The van der Waals surface area contributed by atoms with Crippen LogP contribution in [0.5, 0.6) is 23.0 Å². The molecular weight excluding hydrogens is 474 g/mol. The molecule has 1 heterocycles. The number of hydrogen-bond donors (Lipinski definition) is 1. The summed E-state index contributed by atoms with van der Waals surface area (Å²) >= 11 is 0. The monoisotopic (exact) mass is 503 g/mol. The number of carbonyl (C=O) groups is 2. The van der Waals surface area contributed by atoms with Gasteiger partial charge in [0.2, 0.25) is 0 Å². The summed E-state index contributed by atoms with van der Waals surface area (Å²) in [6, 6.07) is 17.8. The van der Waals surface area contributed by atoms with Crippen LogP contribution in [-0.4, -0.2) is 44.2 Å². The van der Waals surface area contributed by atoms with Gasteiger partial charge in [0.15, 0.2) is 0 Å². The van der Waals surface area contributed by atoms with Gasteiger partial charge in [0.25, 0.3) is 11.7 Å². The second kappa shape index (κ2) is 10.7. The van der Waals surface area contributed by atoms with Crippen LogP contribution in [0.4, 0.5) is 5.69 Å². The fraction of sp³-hybridized carbons (Fsp3) is 0.241. The molecule has 3 aromatic rings. The van der Waals surface area contributed by atoms with E-state index in [2.05, 4.69) is 0 Å². The summed E-state index contributed by atoms with van der Waals surface area (Å²) in [5, 5.41) is 11.5. The van der Waals surface area contributed by atoms with Gasteiger partial charge in [-0.05, 0) is 56.3 Å². The lowest BCUT2D eigenvalue weighted by Crippen LogP contribution is -2.29. The molecule has 1 N–H and O–H groups in total. The van der Waals surface area contributed by atoms with Crippen LogP contribution in [0.15, 0.2) is 72.3 Å². The number of amides is 1. The average molecular weight is 504 g/mol. The molecule has 1 atom stereocenters. The van der Waals surface area contributed by atoms with E-state index in [9.17, 15) is 14.7 Å². The van der Waals surface area contributed by atoms with Crippen molar-refractivity contribution in [2.24, 2.45) is 0 Å². The van der Waals surface area contributed by atoms with Crippen LogP contribution >= 0.6 is 0 Å². The molecule has 1 amide bonds. The van der Waals surface area contributed by atoms with Gasteiger partial charge in [-0.3, -0.25) is 14.5 Å². The van der Waals surface area contributed by atoms with Crippen LogP contribution in [0.25, 0.3) is 5.76 Å². The molecule has 0 radical (unpaired) electrons. The highest BCUT2D eigenvalue weighted by Crippen LogP contribution is 2.46. The van der Waals surface area contributed by atoms with E-state index in [1.165, 1.54) is 26.2 Å². The largest absolute Gasteiger partial charge is 0.507 e. The summed E-state index contributed by atoms with van der Waals surface area (Å²) in [6.45, 7) is 3.84. The van der Waals surface area contributed by atoms with Gasteiger partial charge < -0.3 is 24.1 Å². The number of aliphatic hydroxyl groups excluding tert-OH is 1. The van der Waals surface area contributed by atoms with E-state index in [1.807, 2.05) is 13.8 Å². The Morgan fingerprint density at radius 3 is 2.11 bits per heavy atom. The minimum atomic E-state index is -0.958. The average Bonchev–Trinajstić information content (AvgIpc) is 3.17. The molecule has 4 rings (SSSR count). The molecular formula is C29H29NO7. The van der Waals surface area contributed by atoms with Crippen LogP contribution < -0.4 is 23.8 Å². The van der Waals surface area contributed by atoms with Gasteiger partial charge in [0.05, 0.1) is 44.6 Å². The van der Waals surface area contributed by atoms with Crippen molar-refractivity contribution in [2.75, 3.05) is 26.2 Å². The maximum absolute atomic E-state index is 13.5. The number of rotatable bonds is 8. The topological polar surface area (TPSA) is 94.5 Å². The number of aliphatic hydroxyl groups is 1. The van der Waals surface area contributed by atoms with Crippen molar-refractivity contribution in [3.63, 3.8) is 0 Å². The molecule has 37 heavy (non-hydrogen) atoms. The first kappa shape index (κ1) is 25.6. The van der Waals surface area contributed by atoms with Gasteiger partial charge in [-0.25, -0.2) is 0 Å². The Kier molecular flexibility index (Phi) is 7.38. The van der Waals surface area contributed by atoms with E-state index >= 15 is 0 Å². The molecule has 1 aliphatic heterocycles. The smallest absolute Gasteiger partial charge is 0.300 e. The Morgan fingerprint density at radius 2 is 1.49 bits per heavy atom. The summed E-state index contributed by atoms with van der Waals surface area (Å²) in [6.07, 6.45) is -0.0202. The highest BCUT2D eigenvalue weighted by molar-refractivity contribution is 6.51. The van der Waals surface area contributed by atoms with Gasteiger partial charge in [0.1, 0.15) is 28.8 Å². The van der Waals surface area contributed by atoms with Crippen LogP contribution in [0.2, 0.25) is 0 Å². The fourth-order valence-electron chi connectivity index (χ4n) is 4.38. The summed E-state index contributed by atoms with van der Waals surface area (Å²) in [7, 11) is 4.47. The first-order chi connectivity index (χ1) is 17.8. The zero-order chi connectivity index (χ0) is 26.7. The third kappa shape index (κ3) is 4.82. The molecule has 0 aromatic heterocycles. The lowest BCUT2D eigenvalue weighted by Gasteiger charge is -2.27. The number of ether oxygens (including phenoxy) is 4. The fourth-order valence-corrected chi connectivity index (χ4v) is 4.38. The van der Waals surface area contributed by atoms with E-state index in [4.69, 9.17) is 18.9 Å². The molecule has 1 fully saturated rings. The van der Waals surface area contributed by atoms with Gasteiger partial charge in [-0.15, -0.1) is 0 Å². The van der Waals surface area contributed by atoms with Crippen molar-refractivity contribution in [3.8, 4) is 23.0 Å². The Hall–Kier alpha value is -4.46. The van der Waals surface area contributed by atoms with Gasteiger partial charge >= 0.3 is 0 Å². The molecule has 1 saturated heterocycles. The molecule has 0 spiro atoms. The summed E-state index contributed by atoms with van der Waals surface area (Å²) in [5.41, 5.74) is 1.18. The van der Waals surface area contributed by atoms with Crippen molar-refractivity contribution in [1.29, 1.82) is 0 Å². The lowest BCUT2D eigenvalue weighted by molar-refractivity contribution is -0.132. The number of ketones is 1. The molecule has 1 aliphatic rings. The lowest BCUT2D eigenvalue weighted by atomic mass is 9.94. The minimum absolute atomic E-state index is 0.0202. The highest BCUT2D eigenvalue weighted by atomic mass is 16.5. The maximum atomic E-state index is 13.5. The first-order valence-electron chi connectivity index (χ1n) is 11.7. The summed E-state index contributed by atoms with van der Waals surface area (Å²) < 4.78 is 22.0. The zero-order valence-corrected chi connectivity index (χ0v) is 21.3. The quantitative estimate of drug-likeness (QED) is 0.259. The number of methoxy groups -OCH3 is 3. The summed E-state index contributed by atoms with van der Waals surface area (Å²) in [4.78, 5) is 28.3. The van der Waals surface area contributed by atoms with Crippen LogP contribution in [0.3, 0.4) is 0 Å². The Morgan fingerprint density at radius 1 is 0.838 bits per heavy atom. The Balaban J connectivity index is 1.93. The van der Waals surface area contributed by atoms with Crippen molar-refractivity contribution in [1.82, 2.24) is 0 Å². The molecule has 192 valence electrons. The number of para-hydroxylation sites is 1. The molecule has 1 unspecified atom stereocenters. The van der Waals surface area contributed by atoms with E-state index < -0.39 is 17.7 Å². The van der Waals surface area contributed by atoms with Crippen LogP contribution in [0, 0.1) is 0 Å². The third-order valence-electron chi connectivity index (χ3n) is 6.03. The third-order valence-corrected chi connectivity index (χ3v) is 6.03.